The molecule has 1 saturated carbocycles. The Bertz CT molecular complexity index is 1420. The van der Waals surface area contributed by atoms with Gasteiger partial charge >= 0.3 is 6.18 Å². The zero-order valence-electron chi connectivity index (χ0n) is 19.9. The highest BCUT2D eigenvalue weighted by Crippen LogP contribution is 2.48. The second kappa shape index (κ2) is 8.79. The Morgan fingerprint density at radius 3 is 2.53 bits per heavy atom. The molecule has 0 bridgehead atoms. The van der Waals surface area contributed by atoms with Crippen LogP contribution in [0.3, 0.4) is 0 Å². The maximum absolute atomic E-state index is 14.4. The molecule has 1 aliphatic heterocycles. The number of nitrogens with zero attached hydrogens (tertiary/aromatic N) is 2. The molecule has 4 N–H and O–H groups in total. The number of carbonyl (C=O) groups is 2. The number of pyridine rings is 1. The molecule has 38 heavy (non-hydrogen) atoms. The van der Waals surface area contributed by atoms with Crippen molar-refractivity contribution in [2.75, 3.05) is 13.2 Å². The Labute approximate surface area is 213 Å². The lowest BCUT2D eigenvalue weighted by atomic mass is 9.81. The van der Waals surface area contributed by atoms with Gasteiger partial charge in [-0.25, -0.2) is 9.37 Å². The molecule has 0 radical (unpaired) electrons. The third-order valence-electron chi connectivity index (χ3n) is 6.92. The van der Waals surface area contributed by atoms with Gasteiger partial charge in [0.1, 0.15) is 34.8 Å². The lowest BCUT2D eigenvalue weighted by molar-refractivity contribution is -0.265. The third-order valence-corrected chi connectivity index (χ3v) is 6.92. The first-order chi connectivity index (χ1) is 17.8. The van der Waals surface area contributed by atoms with Crippen LogP contribution in [0.4, 0.5) is 17.6 Å². The Balaban J connectivity index is 1.59. The first kappa shape index (κ1) is 25.6. The zero-order chi connectivity index (χ0) is 27.5. The van der Waals surface area contributed by atoms with Crippen LogP contribution in [-0.4, -0.2) is 46.4 Å². The Morgan fingerprint density at radius 2 is 1.92 bits per heavy atom. The van der Waals surface area contributed by atoms with Crippen molar-refractivity contribution < 1.29 is 41.5 Å². The van der Waals surface area contributed by atoms with Crippen molar-refractivity contribution >= 4 is 11.8 Å². The van der Waals surface area contributed by atoms with Crippen molar-refractivity contribution in [2.45, 2.75) is 42.9 Å². The normalized spacial score (nSPS) is 20.4. The third kappa shape index (κ3) is 4.16. The van der Waals surface area contributed by atoms with E-state index in [1.165, 1.54) is 19.1 Å². The fourth-order valence-electron chi connectivity index (χ4n) is 4.30. The molecule has 0 unspecified atom stereocenters. The van der Waals surface area contributed by atoms with E-state index in [4.69, 9.17) is 15.0 Å². The van der Waals surface area contributed by atoms with Gasteiger partial charge in [-0.05, 0) is 50.1 Å². The summed E-state index contributed by atoms with van der Waals surface area (Å²) in [7, 11) is 0. The summed E-state index contributed by atoms with van der Waals surface area (Å²) in [5, 5.41) is 16.7. The number of nitrogens with one attached hydrogen (secondary N) is 1. The summed E-state index contributed by atoms with van der Waals surface area (Å²) in [6.45, 7) is -0.206. The van der Waals surface area contributed by atoms with Crippen molar-refractivity contribution in [3.8, 4) is 17.0 Å². The molecule has 5 rings (SSSR count). The molecular formula is C25H22F4N4O5. The van der Waals surface area contributed by atoms with Crippen molar-refractivity contribution in [3.05, 3.63) is 64.9 Å². The molecule has 2 amide bonds. The molecule has 2 aromatic heterocycles. The largest absolute Gasteiger partial charge is 0.489 e. The van der Waals surface area contributed by atoms with Crippen molar-refractivity contribution in [3.63, 3.8) is 0 Å². The highest BCUT2D eigenvalue weighted by molar-refractivity contribution is 5.95. The van der Waals surface area contributed by atoms with E-state index in [0.717, 1.165) is 37.2 Å². The quantitative estimate of drug-likeness (QED) is 0.396. The number of aliphatic hydroxyl groups is 1. The van der Waals surface area contributed by atoms with Crippen LogP contribution in [0.25, 0.3) is 11.3 Å². The van der Waals surface area contributed by atoms with Gasteiger partial charge in [-0.3, -0.25) is 9.59 Å². The first-order valence-corrected chi connectivity index (χ1v) is 11.6. The highest BCUT2D eigenvalue weighted by Gasteiger charge is 2.58. The van der Waals surface area contributed by atoms with Crippen LogP contribution >= 0.6 is 0 Å². The van der Waals surface area contributed by atoms with E-state index >= 15 is 0 Å². The Kier molecular flexibility index (Phi) is 5.93. The number of halogens is 4. The van der Waals surface area contributed by atoms with E-state index in [-0.39, 0.29) is 46.4 Å². The monoisotopic (exact) mass is 534 g/mol. The molecule has 0 spiro atoms. The van der Waals surface area contributed by atoms with Crippen LogP contribution in [-0.2, 0) is 15.8 Å². The maximum Gasteiger partial charge on any atom is 0.424 e. The average molecular weight is 534 g/mol. The Hall–Kier alpha value is -4.00. The maximum atomic E-state index is 14.4. The molecule has 13 heteroatoms. The van der Waals surface area contributed by atoms with E-state index in [1.807, 2.05) is 0 Å². The predicted molar refractivity (Wildman–Crippen MR) is 122 cm³/mol. The van der Waals surface area contributed by atoms with Gasteiger partial charge in [-0.1, -0.05) is 5.16 Å². The Morgan fingerprint density at radius 1 is 1.24 bits per heavy atom. The van der Waals surface area contributed by atoms with Crippen LogP contribution in [0, 0.1) is 5.82 Å². The molecule has 1 fully saturated rings. The van der Waals surface area contributed by atoms with Crippen molar-refractivity contribution in [1.29, 1.82) is 0 Å². The number of hydrogen-bond acceptors (Lipinski definition) is 7. The molecule has 3 aromatic rings. The van der Waals surface area contributed by atoms with Crippen LogP contribution in [0.1, 0.15) is 53.1 Å². The molecule has 2 aliphatic rings. The fraction of sp³-hybridized carbons (Fsp3) is 0.360. The first-order valence-electron chi connectivity index (χ1n) is 11.6. The number of benzene rings is 1. The van der Waals surface area contributed by atoms with Gasteiger partial charge in [0, 0.05) is 17.0 Å². The summed E-state index contributed by atoms with van der Waals surface area (Å²) >= 11 is 0. The molecule has 3 heterocycles. The summed E-state index contributed by atoms with van der Waals surface area (Å²) in [5.41, 5.74) is -0.635. The van der Waals surface area contributed by atoms with E-state index in [1.54, 1.807) is 0 Å². The molecule has 1 aromatic carbocycles. The van der Waals surface area contributed by atoms with Gasteiger partial charge in [0.2, 0.25) is 11.5 Å². The van der Waals surface area contributed by atoms with E-state index in [9.17, 15) is 32.3 Å². The minimum atomic E-state index is -5.32. The number of alkyl halides is 3. The van der Waals surface area contributed by atoms with Crippen LogP contribution < -0.4 is 15.8 Å². The van der Waals surface area contributed by atoms with Crippen molar-refractivity contribution in [2.24, 2.45) is 5.73 Å². The van der Waals surface area contributed by atoms with Gasteiger partial charge in [-0.15, -0.1) is 0 Å². The minimum Gasteiger partial charge on any atom is -0.489 e. The van der Waals surface area contributed by atoms with Crippen LogP contribution in [0.2, 0.25) is 0 Å². The lowest BCUT2D eigenvalue weighted by Gasteiger charge is -2.31. The second-order valence-electron chi connectivity index (χ2n) is 9.64. The number of primary amides is 1. The number of carbonyl (C=O) groups excluding carboxylic acids is 2. The number of rotatable bonds is 7. The number of amides is 2. The number of ether oxygens (including phenoxy) is 1. The molecule has 0 saturated heterocycles. The zero-order valence-corrected chi connectivity index (χ0v) is 19.9. The predicted octanol–water partition coefficient (Wildman–Crippen LogP) is 3.07. The summed E-state index contributed by atoms with van der Waals surface area (Å²) < 4.78 is 67.6. The van der Waals surface area contributed by atoms with Gasteiger partial charge in [-0.2, -0.15) is 13.2 Å². The van der Waals surface area contributed by atoms with Gasteiger partial charge in [0.05, 0.1) is 18.4 Å². The van der Waals surface area contributed by atoms with Crippen molar-refractivity contribution in [1.82, 2.24) is 15.5 Å². The minimum absolute atomic E-state index is 0.0197. The summed E-state index contributed by atoms with van der Waals surface area (Å²) in [6, 6.07) is 5.58. The summed E-state index contributed by atoms with van der Waals surface area (Å²) in [4.78, 5) is 29.1. The highest BCUT2D eigenvalue weighted by atomic mass is 19.4. The topological polar surface area (TPSA) is 141 Å². The number of aromatic nitrogens is 2. The summed E-state index contributed by atoms with van der Waals surface area (Å²) in [6.07, 6.45) is -2.70. The van der Waals surface area contributed by atoms with Gasteiger partial charge in [0.25, 0.3) is 5.91 Å². The average Bonchev–Trinajstić information content (AvgIpc) is 3.49. The van der Waals surface area contributed by atoms with Crippen LogP contribution in [0.5, 0.6) is 5.75 Å². The van der Waals surface area contributed by atoms with Gasteiger partial charge < -0.3 is 25.4 Å². The molecular weight excluding hydrogens is 512 g/mol. The molecule has 1 aliphatic carbocycles. The van der Waals surface area contributed by atoms with E-state index < -0.39 is 47.1 Å². The smallest absolute Gasteiger partial charge is 0.424 e. The molecule has 9 nitrogen and oxygen atoms in total. The fourth-order valence-corrected chi connectivity index (χ4v) is 4.30. The lowest BCUT2D eigenvalue weighted by Crippen LogP contribution is -2.52. The SMILES string of the molecule is C[C@]1(C(N)=O)COc2c1cc([C@@](O)(CNC(=O)c1cnoc1C1CC1)C(F)(F)F)nc2-c1ccc(F)cc1. The number of fused-ring (bicyclic) bond motifs is 1. The van der Waals surface area contributed by atoms with Gasteiger partial charge in [0.15, 0.2) is 5.76 Å². The van der Waals surface area contributed by atoms with Crippen LogP contribution in [0.15, 0.2) is 41.1 Å². The number of nitrogens with two attached hydrogens (primary N) is 1. The van der Waals surface area contributed by atoms with E-state index in [0.29, 0.717) is 0 Å². The summed E-state index contributed by atoms with van der Waals surface area (Å²) in [5.74, 6) is -2.18. The number of hydrogen-bond donors (Lipinski definition) is 3. The second-order valence-corrected chi connectivity index (χ2v) is 9.64. The van der Waals surface area contributed by atoms with E-state index in [2.05, 4.69) is 15.5 Å². The molecule has 200 valence electrons. The molecule has 2 atom stereocenters. The standard InChI is InChI=1S/C25H22F4N4O5/c1-23(22(30)35)11-37-20-16(23)8-17(33-18(20)12-4-6-14(26)7-5-12)24(36,25(27,28)29)10-31-21(34)15-9-32-38-19(15)13-2-3-13/h4-9,13,36H,2-3,10-11H2,1H3,(H2,30,35)(H,31,34)/t23-,24-/m0/s1.